The van der Waals surface area contributed by atoms with Gasteiger partial charge in [-0.15, -0.1) is 0 Å². The molecule has 0 aliphatic carbocycles. The number of nitrogens with zero attached hydrogens (tertiary/aromatic N) is 1. The molecule has 1 aliphatic rings. The van der Waals surface area contributed by atoms with Crippen molar-refractivity contribution in [2.75, 3.05) is 11.4 Å². The molecule has 4 heteroatoms. The summed E-state index contributed by atoms with van der Waals surface area (Å²) < 4.78 is 0. The quantitative estimate of drug-likeness (QED) is 0.767. The van der Waals surface area contributed by atoms with Gasteiger partial charge in [-0.2, -0.15) is 0 Å². The SMILES string of the molecule is CC1(C)CC(=O)CN1c1ccc(Cl)cc1Cl. The summed E-state index contributed by atoms with van der Waals surface area (Å²) in [6, 6.07) is 5.37. The van der Waals surface area contributed by atoms with Crippen LogP contribution in [-0.2, 0) is 4.79 Å². The van der Waals surface area contributed by atoms with E-state index in [1.54, 1.807) is 12.1 Å². The van der Waals surface area contributed by atoms with E-state index in [0.717, 1.165) is 5.69 Å². The zero-order valence-electron chi connectivity index (χ0n) is 9.26. The zero-order valence-corrected chi connectivity index (χ0v) is 10.8. The fourth-order valence-corrected chi connectivity index (χ4v) is 2.65. The fraction of sp³-hybridized carbons (Fsp3) is 0.417. The van der Waals surface area contributed by atoms with Crippen molar-refractivity contribution in [2.45, 2.75) is 25.8 Å². The van der Waals surface area contributed by atoms with Crippen LogP contribution in [0.5, 0.6) is 0 Å². The van der Waals surface area contributed by atoms with Gasteiger partial charge in [0.05, 0.1) is 17.3 Å². The average molecular weight is 258 g/mol. The van der Waals surface area contributed by atoms with Gasteiger partial charge >= 0.3 is 0 Å². The number of ketones is 1. The van der Waals surface area contributed by atoms with E-state index in [4.69, 9.17) is 23.2 Å². The van der Waals surface area contributed by atoms with Crippen molar-refractivity contribution in [3.05, 3.63) is 28.2 Å². The predicted molar refractivity (Wildman–Crippen MR) is 67.5 cm³/mol. The molecule has 0 atom stereocenters. The van der Waals surface area contributed by atoms with Gasteiger partial charge < -0.3 is 4.90 Å². The van der Waals surface area contributed by atoms with Crippen molar-refractivity contribution < 1.29 is 4.79 Å². The van der Waals surface area contributed by atoms with Crippen LogP contribution in [0.15, 0.2) is 18.2 Å². The average Bonchev–Trinajstić information content (AvgIpc) is 2.39. The molecule has 2 nitrogen and oxygen atoms in total. The Bertz CT molecular complexity index is 443. The summed E-state index contributed by atoms with van der Waals surface area (Å²) in [7, 11) is 0. The molecule has 1 saturated heterocycles. The Hall–Kier alpha value is -0.730. The Morgan fingerprint density at radius 3 is 2.50 bits per heavy atom. The number of anilines is 1. The Labute approximate surface area is 105 Å². The lowest BCUT2D eigenvalue weighted by Crippen LogP contribution is -2.38. The van der Waals surface area contributed by atoms with E-state index in [2.05, 4.69) is 0 Å². The van der Waals surface area contributed by atoms with Crippen molar-refractivity contribution in [3.8, 4) is 0 Å². The molecule has 0 bridgehead atoms. The first kappa shape index (κ1) is 11.7. The monoisotopic (exact) mass is 257 g/mol. The van der Waals surface area contributed by atoms with E-state index >= 15 is 0 Å². The first-order chi connectivity index (χ1) is 7.40. The smallest absolute Gasteiger partial charge is 0.154 e. The summed E-state index contributed by atoms with van der Waals surface area (Å²) in [5.41, 5.74) is 0.705. The molecule has 1 fully saturated rings. The number of halogens is 2. The Morgan fingerprint density at radius 1 is 1.31 bits per heavy atom. The van der Waals surface area contributed by atoms with Crippen LogP contribution < -0.4 is 4.90 Å². The van der Waals surface area contributed by atoms with Gasteiger partial charge in [-0.25, -0.2) is 0 Å². The third-order valence-corrected chi connectivity index (χ3v) is 3.43. The van der Waals surface area contributed by atoms with Crippen LogP contribution in [0.3, 0.4) is 0 Å². The van der Waals surface area contributed by atoms with E-state index in [1.807, 2.05) is 24.8 Å². The van der Waals surface area contributed by atoms with E-state index < -0.39 is 0 Å². The summed E-state index contributed by atoms with van der Waals surface area (Å²) in [5.74, 6) is 0.246. The molecular formula is C12H13Cl2NO. The highest BCUT2D eigenvalue weighted by molar-refractivity contribution is 6.36. The van der Waals surface area contributed by atoms with Crippen LogP contribution in [0.4, 0.5) is 5.69 Å². The Morgan fingerprint density at radius 2 is 2.00 bits per heavy atom. The summed E-state index contributed by atoms with van der Waals surface area (Å²) >= 11 is 12.0. The number of carbonyl (C=O) groups is 1. The molecule has 16 heavy (non-hydrogen) atoms. The molecule has 0 aromatic heterocycles. The molecule has 0 amide bonds. The summed E-state index contributed by atoms with van der Waals surface area (Å²) in [4.78, 5) is 13.5. The van der Waals surface area contributed by atoms with Crippen LogP contribution in [0.25, 0.3) is 0 Å². The molecule has 0 N–H and O–H groups in total. The highest BCUT2D eigenvalue weighted by atomic mass is 35.5. The van der Waals surface area contributed by atoms with Gasteiger partial charge in [-0.05, 0) is 32.0 Å². The molecule has 2 rings (SSSR count). The molecule has 1 aromatic carbocycles. The molecule has 0 radical (unpaired) electrons. The predicted octanol–water partition coefficient (Wildman–Crippen LogP) is 3.55. The van der Waals surface area contributed by atoms with Crippen LogP contribution in [-0.4, -0.2) is 17.9 Å². The van der Waals surface area contributed by atoms with Crippen LogP contribution in [0.1, 0.15) is 20.3 Å². The third-order valence-electron chi connectivity index (χ3n) is 2.90. The van der Waals surface area contributed by atoms with Gasteiger partial charge in [0.2, 0.25) is 0 Å². The molecule has 0 unspecified atom stereocenters. The minimum Gasteiger partial charge on any atom is -0.357 e. The maximum absolute atomic E-state index is 11.5. The summed E-state index contributed by atoms with van der Waals surface area (Å²) in [6.45, 7) is 4.51. The largest absolute Gasteiger partial charge is 0.357 e. The number of Topliss-reactive ketones (excluding diaryl/α,β-unsaturated/α-hetero) is 1. The van der Waals surface area contributed by atoms with Crippen molar-refractivity contribution in [3.63, 3.8) is 0 Å². The second-order valence-corrected chi connectivity index (χ2v) is 5.55. The van der Waals surface area contributed by atoms with E-state index in [-0.39, 0.29) is 11.3 Å². The Kier molecular flexibility index (Phi) is 2.89. The maximum Gasteiger partial charge on any atom is 0.154 e. The lowest BCUT2D eigenvalue weighted by atomic mass is 10.0. The summed E-state index contributed by atoms with van der Waals surface area (Å²) in [6.07, 6.45) is 0.561. The number of carbonyl (C=O) groups excluding carboxylic acids is 1. The molecular weight excluding hydrogens is 245 g/mol. The Balaban J connectivity index is 2.41. The molecule has 1 heterocycles. The lowest BCUT2D eigenvalue weighted by Gasteiger charge is -2.33. The maximum atomic E-state index is 11.5. The van der Waals surface area contributed by atoms with Crippen LogP contribution in [0.2, 0.25) is 10.0 Å². The van der Waals surface area contributed by atoms with Crippen LogP contribution >= 0.6 is 23.2 Å². The number of hydrogen-bond acceptors (Lipinski definition) is 2. The molecule has 1 aromatic rings. The number of benzene rings is 1. The van der Waals surface area contributed by atoms with Gasteiger partial charge in [0.15, 0.2) is 5.78 Å². The highest BCUT2D eigenvalue weighted by Crippen LogP contribution is 2.37. The van der Waals surface area contributed by atoms with E-state index in [1.165, 1.54) is 0 Å². The minimum atomic E-state index is -0.172. The zero-order chi connectivity index (χ0) is 11.9. The minimum absolute atomic E-state index is 0.172. The van der Waals surface area contributed by atoms with Crippen LogP contribution in [0, 0.1) is 0 Å². The fourth-order valence-electron chi connectivity index (χ4n) is 2.14. The molecule has 1 aliphatic heterocycles. The van der Waals surface area contributed by atoms with E-state index in [9.17, 15) is 4.79 Å². The summed E-state index contributed by atoms with van der Waals surface area (Å²) in [5, 5.41) is 1.20. The van der Waals surface area contributed by atoms with Gasteiger partial charge in [0.25, 0.3) is 0 Å². The van der Waals surface area contributed by atoms with Crippen molar-refractivity contribution in [1.82, 2.24) is 0 Å². The van der Waals surface area contributed by atoms with Crippen molar-refractivity contribution in [2.24, 2.45) is 0 Å². The first-order valence-electron chi connectivity index (χ1n) is 5.14. The second-order valence-electron chi connectivity index (χ2n) is 4.71. The van der Waals surface area contributed by atoms with Gasteiger partial charge in [0.1, 0.15) is 0 Å². The van der Waals surface area contributed by atoms with E-state index in [0.29, 0.717) is 23.0 Å². The van der Waals surface area contributed by atoms with Gasteiger partial charge in [-0.3, -0.25) is 4.79 Å². The number of rotatable bonds is 1. The molecule has 86 valence electrons. The molecule has 0 saturated carbocycles. The normalized spacial score (nSPS) is 19.2. The van der Waals surface area contributed by atoms with Crippen molar-refractivity contribution >= 4 is 34.7 Å². The first-order valence-corrected chi connectivity index (χ1v) is 5.90. The third kappa shape index (κ3) is 2.04. The number of hydrogen-bond donors (Lipinski definition) is 0. The standard InChI is InChI=1S/C12H13Cl2NO/c1-12(2)6-9(16)7-15(12)11-4-3-8(13)5-10(11)14/h3-5H,6-7H2,1-2H3. The highest BCUT2D eigenvalue weighted by Gasteiger charge is 2.38. The van der Waals surface area contributed by atoms with Gasteiger partial charge in [0, 0.05) is 17.0 Å². The molecule has 0 spiro atoms. The van der Waals surface area contributed by atoms with Crippen molar-refractivity contribution in [1.29, 1.82) is 0 Å². The van der Waals surface area contributed by atoms with Gasteiger partial charge in [-0.1, -0.05) is 23.2 Å². The topological polar surface area (TPSA) is 20.3 Å². The second kappa shape index (κ2) is 3.94. The lowest BCUT2D eigenvalue weighted by molar-refractivity contribution is -0.116.